The van der Waals surface area contributed by atoms with Gasteiger partial charge in [-0.25, -0.2) is 0 Å². The zero-order valence-electron chi connectivity index (χ0n) is 7.19. The molecule has 11 heavy (non-hydrogen) atoms. The van der Waals surface area contributed by atoms with E-state index >= 15 is 0 Å². The smallest absolute Gasteiger partial charge is 0.0946 e. The molecule has 0 aromatic rings. The second kappa shape index (κ2) is 4.18. The topological polar surface area (TPSA) is 23.8 Å². The molecule has 0 bridgehead atoms. The number of hydrogen-bond donors (Lipinski definition) is 0. The predicted molar refractivity (Wildman–Crippen MR) is 46.0 cm³/mol. The molecule has 0 unspecified atom stereocenters. The maximum Gasteiger partial charge on any atom is 0.0946 e. The molecule has 1 aliphatic carbocycles. The molecular weight excluding hydrogens is 134 g/mol. The van der Waals surface area contributed by atoms with E-state index in [2.05, 4.69) is 13.0 Å². The van der Waals surface area contributed by atoms with Gasteiger partial charge in [0.15, 0.2) is 0 Å². The van der Waals surface area contributed by atoms with Crippen molar-refractivity contribution in [2.24, 2.45) is 0 Å². The second-order valence-electron chi connectivity index (χ2n) is 3.11. The van der Waals surface area contributed by atoms with Gasteiger partial charge in [0.2, 0.25) is 0 Å². The van der Waals surface area contributed by atoms with Crippen molar-refractivity contribution in [1.29, 1.82) is 5.26 Å². The van der Waals surface area contributed by atoms with Crippen LogP contribution in [0.25, 0.3) is 0 Å². The van der Waals surface area contributed by atoms with Gasteiger partial charge >= 0.3 is 0 Å². The molecule has 0 amide bonds. The van der Waals surface area contributed by atoms with Crippen LogP contribution in [0.3, 0.4) is 0 Å². The summed E-state index contributed by atoms with van der Waals surface area (Å²) in [6.45, 7) is 2.07. The molecule has 0 N–H and O–H groups in total. The van der Waals surface area contributed by atoms with Crippen LogP contribution in [-0.2, 0) is 0 Å². The molecule has 60 valence electrons. The van der Waals surface area contributed by atoms with Crippen molar-refractivity contribution in [3.05, 3.63) is 11.1 Å². The predicted octanol–water partition coefficient (Wildman–Crippen LogP) is 3.18. The summed E-state index contributed by atoms with van der Waals surface area (Å²) in [5.74, 6) is 0. The van der Waals surface area contributed by atoms with Crippen LogP contribution in [0.1, 0.15) is 45.4 Å². The molecule has 0 aliphatic heterocycles. The van der Waals surface area contributed by atoms with E-state index in [1.807, 2.05) is 0 Å². The molecule has 0 atom stereocenters. The Morgan fingerprint density at radius 3 is 2.45 bits per heavy atom. The number of allylic oxidation sites excluding steroid dienone is 2. The van der Waals surface area contributed by atoms with Gasteiger partial charge in [-0.05, 0) is 32.1 Å². The lowest BCUT2D eigenvalue weighted by molar-refractivity contribution is 0.593. The number of nitriles is 1. The van der Waals surface area contributed by atoms with Crippen LogP contribution in [0, 0.1) is 11.3 Å². The van der Waals surface area contributed by atoms with E-state index in [1.54, 1.807) is 0 Å². The minimum Gasteiger partial charge on any atom is -0.193 e. The quantitative estimate of drug-likeness (QED) is 0.525. The molecule has 0 saturated heterocycles. The average molecular weight is 149 g/mol. The first-order valence-electron chi connectivity index (χ1n) is 4.49. The first kappa shape index (κ1) is 8.33. The van der Waals surface area contributed by atoms with Crippen molar-refractivity contribution in [1.82, 2.24) is 0 Å². The van der Waals surface area contributed by atoms with Crippen molar-refractivity contribution in [2.45, 2.75) is 45.4 Å². The standard InChI is InChI=1S/C10H15N/c1-2-9(8-11)10-6-4-3-5-7-10/h2-7H2,1H3. The van der Waals surface area contributed by atoms with Crippen LogP contribution in [0.5, 0.6) is 0 Å². The molecule has 1 heteroatoms. The molecule has 0 aromatic carbocycles. The van der Waals surface area contributed by atoms with Gasteiger partial charge in [-0.2, -0.15) is 5.26 Å². The summed E-state index contributed by atoms with van der Waals surface area (Å²) in [4.78, 5) is 0. The van der Waals surface area contributed by atoms with E-state index in [1.165, 1.54) is 37.7 Å². The Balaban J connectivity index is 2.67. The van der Waals surface area contributed by atoms with Crippen LogP contribution < -0.4 is 0 Å². The Morgan fingerprint density at radius 1 is 1.36 bits per heavy atom. The van der Waals surface area contributed by atoms with Crippen molar-refractivity contribution >= 4 is 0 Å². The first-order chi connectivity index (χ1) is 5.38. The van der Waals surface area contributed by atoms with Gasteiger partial charge in [0.05, 0.1) is 6.07 Å². The first-order valence-corrected chi connectivity index (χ1v) is 4.49. The number of hydrogen-bond acceptors (Lipinski definition) is 1. The SMILES string of the molecule is CCC(C#N)=C1CCCCC1. The Morgan fingerprint density at radius 2 is 2.00 bits per heavy atom. The zero-order valence-corrected chi connectivity index (χ0v) is 7.19. The monoisotopic (exact) mass is 149 g/mol. The summed E-state index contributed by atoms with van der Waals surface area (Å²) < 4.78 is 0. The lowest BCUT2D eigenvalue weighted by atomic mass is 9.90. The van der Waals surface area contributed by atoms with Gasteiger partial charge in [0.1, 0.15) is 0 Å². The minimum absolute atomic E-state index is 0.922. The van der Waals surface area contributed by atoms with E-state index in [4.69, 9.17) is 5.26 Å². The van der Waals surface area contributed by atoms with Crippen molar-refractivity contribution in [3.63, 3.8) is 0 Å². The Hall–Kier alpha value is -0.770. The fourth-order valence-corrected chi connectivity index (χ4v) is 1.69. The molecule has 0 radical (unpaired) electrons. The largest absolute Gasteiger partial charge is 0.193 e. The summed E-state index contributed by atoms with van der Waals surface area (Å²) in [6, 6.07) is 2.30. The van der Waals surface area contributed by atoms with E-state index in [0.29, 0.717) is 0 Å². The normalized spacial score (nSPS) is 17.6. The summed E-state index contributed by atoms with van der Waals surface area (Å²) >= 11 is 0. The third-order valence-electron chi connectivity index (χ3n) is 2.37. The minimum atomic E-state index is 0.922. The fraction of sp³-hybridized carbons (Fsp3) is 0.700. The van der Waals surface area contributed by atoms with E-state index in [0.717, 1.165) is 12.0 Å². The van der Waals surface area contributed by atoms with Crippen molar-refractivity contribution in [3.8, 4) is 6.07 Å². The maximum atomic E-state index is 8.77. The zero-order chi connectivity index (χ0) is 8.10. The number of rotatable bonds is 1. The summed E-state index contributed by atoms with van der Waals surface area (Å²) in [5.41, 5.74) is 2.48. The molecule has 1 rings (SSSR count). The highest BCUT2D eigenvalue weighted by molar-refractivity contribution is 5.28. The second-order valence-corrected chi connectivity index (χ2v) is 3.11. The molecule has 0 heterocycles. The van der Waals surface area contributed by atoms with Crippen molar-refractivity contribution < 1.29 is 0 Å². The van der Waals surface area contributed by atoms with Crippen LogP contribution in [0.4, 0.5) is 0 Å². The molecular formula is C10H15N. The van der Waals surface area contributed by atoms with Crippen molar-refractivity contribution in [2.75, 3.05) is 0 Å². The Bertz CT molecular complexity index is 187. The van der Waals surface area contributed by atoms with Crippen LogP contribution in [0.2, 0.25) is 0 Å². The van der Waals surface area contributed by atoms with Gasteiger partial charge in [0.25, 0.3) is 0 Å². The highest BCUT2D eigenvalue weighted by Crippen LogP contribution is 2.26. The lowest BCUT2D eigenvalue weighted by Gasteiger charge is -2.14. The van der Waals surface area contributed by atoms with Gasteiger partial charge in [-0.15, -0.1) is 0 Å². The summed E-state index contributed by atoms with van der Waals surface area (Å²) in [7, 11) is 0. The van der Waals surface area contributed by atoms with E-state index < -0.39 is 0 Å². The van der Waals surface area contributed by atoms with E-state index in [9.17, 15) is 0 Å². The Labute approximate surface area is 68.7 Å². The van der Waals surface area contributed by atoms with Gasteiger partial charge in [-0.3, -0.25) is 0 Å². The third-order valence-corrected chi connectivity index (χ3v) is 2.37. The fourth-order valence-electron chi connectivity index (χ4n) is 1.69. The van der Waals surface area contributed by atoms with Crippen LogP contribution in [-0.4, -0.2) is 0 Å². The highest BCUT2D eigenvalue weighted by atomic mass is 14.3. The van der Waals surface area contributed by atoms with Gasteiger partial charge in [-0.1, -0.05) is 18.9 Å². The van der Waals surface area contributed by atoms with Crippen LogP contribution in [0.15, 0.2) is 11.1 Å². The maximum absolute atomic E-state index is 8.77. The highest BCUT2D eigenvalue weighted by Gasteiger charge is 2.08. The molecule has 0 spiro atoms. The Kier molecular flexibility index (Phi) is 3.16. The summed E-state index contributed by atoms with van der Waals surface area (Å²) in [5, 5.41) is 8.77. The summed E-state index contributed by atoms with van der Waals surface area (Å²) in [6.07, 6.45) is 7.21. The van der Waals surface area contributed by atoms with E-state index in [-0.39, 0.29) is 0 Å². The van der Waals surface area contributed by atoms with Gasteiger partial charge < -0.3 is 0 Å². The lowest BCUT2D eigenvalue weighted by Crippen LogP contribution is -1.97. The molecule has 1 saturated carbocycles. The molecule has 1 nitrogen and oxygen atoms in total. The molecule has 1 fully saturated rings. The molecule has 0 aromatic heterocycles. The van der Waals surface area contributed by atoms with Crippen LogP contribution >= 0.6 is 0 Å². The average Bonchev–Trinajstić information content (AvgIpc) is 2.09. The third kappa shape index (κ3) is 2.08. The molecule has 1 aliphatic rings. The number of nitrogens with zero attached hydrogens (tertiary/aromatic N) is 1. The van der Waals surface area contributed by atoms with Gasteiger partial charge in [0, 0.05) is 5.57 Å².